The number of aromatic nitrogens is 3. The second-order valence-corrected chi connectivity index (χ2v) is 7.01. The second-order valence-electron chi connectivity index (χ2n) is 7.01. The molecule has 31 heavy (non-hydrogen) atoms. The molecular formula is C23H19F2N5O. The predicted octanol–water partition coefficient (Wildman–Crippen LogP) is 4.30. The Morgan fingerprint density at radius 3 is 2.29 bits per heavy atom. The molecule has 0 aliphatic carbocycles. The number of hydrogen-bond acceptors (Lipinski definition) is 4. The molecule has 0 saturated carbocycles. The van der Waals surface area contributed by atoms with Crippen LogP contribution in [0.1, 0.15) is 16.1 Å². The quantitative estimate of drug-likeness (QED) is 0.456. The molecule has 3 aromatic carbocycles. The highest BCUT2D eigenvalue weighted by Crippen LogP contribution is 2.27. The van der Waals surface area contributed by atoms with E-state index >= 15 is 0 Å². The summed E-state index contributed by atoms with van der Waals surface area (Å²) >= 11 is 0. The molecule has 8 heteroatoms. The zero-order chi connectivity index (χ0) is 21.8. The van der Waals surface area contributed by atoms with Gasteiger partial charge in [-0.3, -0.25) is 9.48 Å². The van der Waals surface area contributed by atoms with E-state index in [9.17, 15) is 13.6 Å². The summed E-state index contributed by atoms with van der Waals surface area (Å²) < 4.78 is 27.7. The van der Waals surface area contributed by atoms with Gasteiger partial charge in [-0.1, -0.05) is 35.5 Å². The van der Waals surface area contributed by atoms with Crippen LogP contribution in [-0.4, -0.2) is 20.9 Å². The number of carbonyl (C=O) groups is 1. The van der Waals surface area contributed by atoms with E-state index in [0.29, 0.717) is 24.3 Å². The largest absolute Gasteiger partial charge is 0.397 e. The molecule has 4 aromatic rings. The Morgan fingerprint density at radius 1 is 0.935 bits per heavy atom. The fourth-order valence-electron chi connectivity index (χ4n) is 3.08. The number of rotatable bonds is 6. The van der Waals surface area contributed by atoms with Gasteiger partial charge in [-0.15, -0.1) is 5.10 Å². The number of nitrogen functional groups attached to an aromatic ring is 1. The molecule has 0 unspecified atom stereocenters. The van der Waals surface area contributed by atoms with Gasteiger partial charge < -0.3 is 11.1 Å². The zero-order valence-corrected chi connectivity index (χ0v) is 16.4. The summed E-state index contributed by atoms with van der Waals surface area (Å²) in [6.45, 7) is 0.494. The molecule has 3 N–H and O–H groups in total. The smallest absolute Gasteiger partial charge is 0.277 e. The fraction of sp³-hybridized carbons (Fsp3) is 0.0870. The summed E-state index contributed by atoms with van der Waals surface area (Å²) in [6.07, 6.45) is 2.16. The van der Waals surface area contributed by atoms with Crippen molar-refractivity contribution in [2.75, 3.05) is 11.1 Å². The zero-order valence-electron chi connectivity index (χ0n) is 16.4. The van der Waals surface area contributed by atoms with Crippen molar-refractivity contribution in [1.29, 1.82) is 0 Å². The average Bonchev–Trinajstić information content (AvgIpc) is 3.25. The minimum absolute atomic E-state index is 0.144. The number of hydrogen-bond donors (Lipinski definition) is 2. The van der Waals surface area contributed by atoms with E-state index in [0.717, 1.165) is 16.7 Å². The van der Waals surface area contributed by atoms with Crippen molar-refractivity contribution in [2.45, 2.75) is 13.0 Å². The topological polar surface area (TPSA) is 85.8 Å². The summed E-state index contributed by atoms with van der Waals surface area (Å²) in [5, 5.41) is 10.6. The summed E-state index contributed by atoms with van der Waals surface area (Å²) in [5.74, 6) is -1.06. The monoisotopic (exact) mass is 419 g/mol. The van der Waals surface area contributed by atoms with E-state index in [1.54, 1.807) is 53.3 Å². The van der Waals surface area contributed by atoms with Crippen molar-refractivity contribution in [1.82, 2.24) is 15.0 Å². The maximum absolute atomic E-state index is 13.2. The molecule has 4 rings (SSSR count). The summed E-state index contributed by atoms with van der Waals surface area (Å²) in [5.41, 5.74) is 9.49. The highest BCUT2D eigenvalue weighted by atomic mass is 19.1. The summed E-state index contributed by atoms with van der Waals surface area (Å²) in [7, 11) is 0. The Bertz CT molecular complexity index is 1200. The van der Waals surface area contributed by atoms with Gasteiger partial charge in [-0.25, -0.2) is 8.78 Å². The van der Waals surface area contributed by atoms with Crippen LogP contribution in [0.5, 0.6) is 0 Å². The maximum atomic E-state index is 13.2. The van der Waals surface area contributed by atoms with Crippen molar-refractivity contribution in [2.24, 2.45) is 0 Å². The molecule has 0 aliphatic rings. The van der Waals surface area contributed by atoms with Gasteiger partial charge in [0.05, 0.1) is 17.6 Å². The van der Waals surface area contributed by atoms with Crippen LogP contribution in [0.25, 0.3) is 11.1 Å². The van der Waals surface area contributed by atoms with Crippen molar-refractivity contribution in [3.63, 3.8) is 0 Å². The molecule has 0 saturated heterocycles. The number of nitrogens with two attached hydrogens (primary N) is 1. The van der Waals surface area contributed by atoms with Crippen LogP contribution >= 0.6 is 0 Å². The number of nitrogens with one attached hydrogen (secondary N) is 1. The molecule has 0 spiro atoms. The first-order valence-electron chi connectivity index (χ1n) is 9.59. The predicted molar refractivity (Wildman–Crippen MR) is 114 cm³/mol. The Labute approximate surface area is 177 Å². The van der Waals surface area contributed by atoms with Crippen LogP contribution in [0.2, 0.25) is 0 Å². The maximum Gasteiger partial charge on any atom is 0.277 e. The highest BCUT2D eigenvalue weighted by molar-refractivity contribution is 6.04. The minimum Gasteiger partial charge on any atom is -0.397 e. The number of nitrogens with zero attached hydrogens (tertiary/aromatic N) is 3. The van der Waals surface area contributed by atoms with E-state index < -0.39 is 5.91 Å². The third kappa shape index (κ3) is 4.92. The van der Waals surface area contributed by atoms with E-state index in [4.69, 9.17) is 5.73 Å². The Balaban J connectivity index is 1.44. The van der Waals surface area contributed by atoms with Crippen molar-refractivity contribution in [3.8, 4) is 11.1 Å². The second kappa shape index (κ2) is 8.74. The Morgan fingerprint density at radius 2 is 1.58 bits per heavy atom. The van der Waals surface area contributed by atoms with Gasteiger partial charge in [0.2, 0.25) is 0 Å². The summed E-state index contributed by atoms with van der Waals surface area (Å²) in [4.78, 5) is 12.6. The first-order chi connectivity index (χ1) is 15.0. The molecule has 1 aromatic heterocycles. The SMILES string of the molecule is Nc1ccc(-c2ccc(F)cc2)cc1NC(=O)c1cn(CCc2ccc(F)cc2)nn1. The van der Waals surface area contributed by atoms with E-state index in [-0.39, 0.29) is 17.3 Å². The number of anilines is 2. The molecule has 156 valence electrons. The van der Waals surface area contributed by atoms with Crippen LogP contribution in [0.3, 0.4) is 0 Å². The minimum atomic E-state index is -0.448. The van der Waals surface area contributed by atoms with Gasteiger partial charge in [0.15, 0.2) is 5.69 Å². The lowest BCUT2D eigenvalue weighted by atomic mass is 10.0. The van der Waals surface area contributed by atoms with Crippen molar-refractivity contribution < 1.29 is 13.6 Å². The van der Waals surface area contributed by atoms with Gasteiger partial charge in [0.1, 0.15) is 11.6 Å². The number of halogens is 2. The third-order valence-electron chi connectivity index (χ3n) is 4.79. The molecular weight excluding hydrogens is 400 g/mol. The molecule has 0 atom stereocenters. The standard InChI is InChI=1S/C23H19F2N5O/c24-18-6-1-15(2-7-18)11-12-30-14-22(28-29-30)23(31)27-21-13-17(5-10-20(21)26)16-3-8-19(25)9-4-16/h1-10,13-14H,11-12,26H2,(H,27,31). The number of amides is 1. The molecule has 0 fully saturated rings. The number of benzene rings is 3. The molecule has 0 aliphatic heterocycles. The van der Waals surface area contributed by atoms with Gasteiger partial charge >= 0.3 is 0 Å². The third-order valence-corrected chi connectivity index (χ3v) is 4.79. The molecule has 1 amide bonds. The first kappa shape index (κ1) is 20.2. The van der Waals surface area contributed by atoms with Crippen molar-refractivity contribution >= 4 is 17.3 Å². The van der Waals surface area contributed by atoms with Gasteiger partial charge in [0.25, 0.3) is 5.91 Å². The lowest BCUT2D eigenvalue weighted by Crippen LogP contribution is -2.14. The molecule has 0 radical (unpaired) electrons. The Hall–Kier alpha value is -4.07. The average molecular weight is 419 g/mol. The number of carbonyl (C=O) groups excluding carboxylic acids is 1. The van der Waals surface area contributed by atoms with Crippen LogP contribution in [-0.2, 0) is 13.0 Å². The normalized spacial score (nSPS) is 10.8. The van der Waals surface area contributed by atoms with Crippen LogP contribution in [0.4, 0.5) is 20.2 Å². The summed E-state index contributed by atoms with van der Waals surface area (Å²) in [6, 6.07) is 17.4. The van der Waals surface area contributed by atoms with Crippen molar-refractivity contribution in [3.05, 3.63) is 95.8 Å². The Kier molecular flexibility index (Phi) is 5.70. The molecule has 0 bridgehead atoms. The van der Waals surface area contributed by atoms with E-state index in [1.807, 2.05) is 0 Å². The van der Waals surface area contributed by atoms with Crippen LogP contribution in [0, 0.1) is 11.6 Å². The van der Waals surface area contributed by atoms with E-state index in [1.165, 1.54) is 24.3 Å². The van der Waals surface area contributed by atoms with Gasteiger partial charge in [-0.2, -0.15) is 0 Å². The lowest BCUT2D eigenvalue weighted by molar-refractivity contribution is 0.102. The first-order valence-corrected chi connectivity index (χ1v) is 9.59. The fourth-order valence-corrected chi connectivity index (χ4v) is 3.08. The highest BCUT2D eigenvalue weighted by Gasteiger charge is 2.13. The van der Waals surface area contributed by atoms with Gasteiger partial charge in [-0.05, 0) is 59.5 Å². The van der Waals surface area contributed by atoms with Crippen LogP contribution in [0.15, 0.2) is 72.9 Å². The van der Waals surface area contributed by atoms with Gasteiger partial charge in [0, 0.05) is 6.54 Å². The molecule has 6 nitrogen and oxygen atoms in total. The van der Waals surface area contributed by atoms with E-state index in [2.05, 4.69) is 15.6 Å². The molecule has 1 heterocycles. The lowest BCUT2D eigenvalue weighted by Gasteiger charge is -2.10. The number of aryl methyl sites for hydroxylation is 2. The van der Waals surface area contributed by atoms with Crippen LogP contribution < -0.4 is 11.1 Å².